The van der Waals surface area contributed by atoms with E-state index in [2.05, 4.69) is 15.1 Å². The molecule has 0 bridgehead atoms. The quantitative estimate of drug-likeness (QED) is 0.526. The summed E-state index contributed by atoms with van der Waals surface area (Å²) in [4.78, 5) is 21.3. The summed E-state index contributed by atoms with van der Waals surface area (Å²) in [5.41, 5.74) is 3.52. The molecule has 0 N–H and O–H groups in total. The van der Waals surface area contributed by atoms with E-state index in [1.165, 1.54) is 0 Å². The molecule has 0 amide bonds. The molecule has 2 heterocycles. The van der Waals surface area contributed by atoms with Crippen LogP contribution >= 0.6 is 0 Å². The van der Waals surface area contributed by atoms with Crippen LogP contribution in [0.1, 0.15) is 19.0 Å². The van der Waals surface area contributed by atoms with Crippen molar-refractivity contribution in [2.45, 2.75) is 26.8 Å². The maximum absolute atomic E-state index is 12.4. The Morgan fingerprint density at radius 2 is 1.96 bits per heavy atom. The first-order valence-corrected chi connectivity index (χ1v) is 9.10. The third kappa shape index (κ3) is 3.15. The zero-order chi connectivity index (χ0) is 19.7. The Balaban J connectivity index is 1.77. The number of aromatic nitrogens is 4. The van der Waals surface area contributed by atoms with E-state index in [0.29, 0.717) is 24.0 Å². The Morgan fingerprint density at radius 3 is 2.75 bits per heavy atom. The van der Waals surface area contributed by atoms with Gasteiger partial charge < -0.3 is 13.8 Å². The van der Waals surface area contributed by atoms with E-state index in [1.54, 1.807) is 18.6 Å². The van der Waals surface area contributed by atoms with Gasteiger partial charge >= 0.3 is 0 Å². The molecule has 28 heavy (non-hydrogen) atoms. The molecule has 2 aromatic heterocycles. The first-order valence-electron chi connectivity index (χ1n) is 9.10. The average molecular weight is 376 g/mol. The van der Waals surface area contributed by atoms with Gasteiger partial charge in [0.15, 0.2) is 0 Å². The summed E-state index contributed by atoms with van der Waals surface area (Å²) in [5, 5.41) is 4.10. The summed E-state index contributed by atoms with van der Waals surface area (Å²) >= 11 is 0. The van der Waals surface area contributed by atoms with Crippen molar-refractivity contribution in [3.8, 4) is 28.6 Å². The first kappa shape index (κ1) is 17.9. The van der Waals surface area contributed by atoms with E-state index >= 15 is 0 Å². The molecule has 142 valence electrons. The largest absolute Gasteiger partial charge is 0.497 e. The number of fused-ring (bicyclic) bond motifs is 1. The molecular formula is C21H20N4O3. The highest BCUT2D eigenvalue weighted by molar-refractivity contribution is 5.80. The summed E-state index contributed by atoms with van der Waals surface area (Å²) in [5.74, 6) is 1.60. The number of methoxy groups -OCH3 is 1. The number of nitrogens with zero attached hydrogens (tertiary/aromatic N) is 4. The van der Waals surface area contributed by atoms with E-state index < -0.39 is 0 Å². The van der Waals surface area contributed by atoms with Crippen molar-refractivity contribution >= 4 is 11.0 Å². The average Bonchev–Trinajstić information content (AvgIpc) is 3.21. The van der Waals surface area contributed by atoms with Gasteiger partial charge in [0.05, 0.1) is 18.1 Å². The first-order chi connectivity index (χ1) is 13.6. The second-order valence-electron chi connectivity index (χ2n) is 6.51. The van der Waals surface area contributed by atoms with Crippen molar-refractivity contribution in [1.82, 2.24) is 19.7 Å². The van der Waals surface area contributed by atoms with Crippen LogP contribution in [0.15, 0.2) is 51.8 Å². The van der Waals surface area contributed by atoms with Crippen LogP contribution in [0.4, 0.5) is 0 Å². The molecule has 0 atom stereocenters. The number of ether oxygens (including phenoxy) is 1. The van der Waals surface area contributed by atoms with E-state index in [1.807, 2.05) is 49.4 Å². The standard InChI is InChI=1S/C21H20N4O3/c1-4-10-25-18-9-8-14(12-17(18)22-13(2)21(25)26)19-23-20(28-24-19)15-6-5-7-16(11-15)27-3/h5-9,11-12H,4,10H2,1-3H3. The lowest BCUT2D eigenvalue weighted by Crippen LogP contribution is -2.24. The van der Waals surface area contributed by atoms with Crippen molar-refractivity contribution in [3.05, 3.63) is 58.5 Å². The monoisotopic (exact) mass is 376 g/mol. The third-order valence-corrected chi connectivity index (χ3v) is 4.56. The Morgan fingerprint density at radius 1 is 1.11 bits per heavy atom. The van der Waals surface area contributed by atoms with E-state index in [4.69, 9.17) is 9.26 Å². The van der Waals surface area contributed by atoms with Gasteiger partial charge in [-0.05, 0) is 49.7 Å². The van der Waals surface area contributed by atoms with E-state index in [0.717, 1.165) is 34.3 Å². The highest BCUT2D eigenvalue weighted by Crippen LogP contribution is 2.26. The van der Waals surface area contributed by atoms with Crippen LogP contribution in [0.3, 0.4) is 0 Å². The maximum atomic E-state index is 12.4. The number of benzene rings is 2. The molecule has 0 saturated carbocycles. The predicted octanol–water partition coefficient (Wildman–Crippen LogP) is 3.84. The fourth-order valence-corrected chi connectivity index (χ4v) is 3.17. The van der Waals surface area contributed by atoms with Crippen LogP contribution in [-0.2, 0) is 6.54 Å². The molecule has 0 radical (unpaired) electrons. The summed E-state index contributed by atoms with van der Waals surface area (Å²) in [6.45, 7) is 4.43. The zero-order valence-electron chi connectivity index (χ0n) is 16.0. The Labute approximate surface area is 161 Å². The fraction of sp³-hybridized carbons (Fsp3) is 0.238. The Kier molecular flexibility index (Phi) is 4.65. The molecule has 0 spiro atoms. The minimum absolute atomic E-state index is 0.0537. The van der Waals surface area contributed by atoms with Gasteiger partial charge in [-0.2, -0.15) is 4.98 Å². The van der Waals surface area contributed by atoms with Gasteiger partial charge in [-0.1, -0.05) is 18.1 Å². The lowest BCUT2D eigenvalue weighted by molar-refractivity contribution is 0.413. The summed E-state index contributed by atoms with van der Waals surface area (Å²) in [7, 11) is 1.61. The SMILES string of the molecule is CCCn1c(=O)c(C)nc2cc(-c3noc(-c4cccc(OC)c4)n3)ccc21. The molecule has 4 aromatic rings. The zero-order valence-corrected chi connectivity index (χ0v) is 16.0. The normalized spacial score (nSPS) is 11.1. The molecule has 0 saturated heterocycles. The van der Waals surface area contributed by atoms with Crippen LogP contribution in [0.5, 0.6) is 5.75 Å². The molecule has 0 aliphatic rings. The highest BCUT2D eigenvalue weighted by atomic mass is 16.5. The van der Waals surface area contributed by atoms with Gasteiger partial charge in [0.2, 0.25) is 5.82 Å². The minimum atomic E-state index is -0.0537. The number of hydrogen-bond acceptors (Lipinski definition) is 6. The molecule has 0 unspecified atom stereocenters. The molecule has 2 aromatic carbocycles. The van der Waals surface area contributed by atoms with Crippen LogP contribution < -0.4 is 10.3 Å². The molecule has 7 heteroatoms. The van der Waals surface area contributed by atoms with Gasteiger partial charge in [0, 0.05) is 17.7 Å². The third-order valence-electron chi connectivity index (χ3n) is 4.56. The Bertz CT molecular complexity index is 1210. The van der Waals surface area contributed by atoms with Crippen molar-refractivity contribution in [1.29, 1.82) is 0 Å². The summed E-state index contributed by atoms with van der Waals surface area (Å²) < 4.78 is 12.4. The fourth-order valence-electron chi connectivity index (χ4n) is 3.17. The number of rotatable bonds is 5. The molecule has 0 aliphatic heterocycles. The maximum Gasteiger partial charge on any atom is 0.272 e. The van der Waals surface area contributed by atoms with Crippen LogP contribution in [0.25, 0.3) is 33.9 Å². The van der Waals surface area contributed by atoms with Crippen molar-refractivity contribution in [3.63, 3.8) is 0 Å². The van der Waals surface area contributed by atoms with Crippen LogP contribution in [-0.4, -0.2) is 26.8 Å². The highest BCUT2D eigenvalue weighted by Gasteiger charge is 2.14. The van der Waals surface area contributed by atoms with E-state index in [9.17, 15) is 4.79 Å². The lowest BCUT2D eigenvalue weighted by atomic mass is 10.1. The Hall–Kier alpha value is -3.48. The summed E-state index contributed by atoms with van der Waals surface area (Å²) in [6.07, 6.45) is 0.870. The lowest BCUT2D eigenvalue weighted by Gasteiger charge is -2.10. The molecule has 7 nitrogen and oxygen atoms in total. The second kappa shape index (κ2) is 7.26. The van der Waals surface area contributed by atoms with Gasteiger partial charge in [0.25, 0.3) is 11.4 Å². The molecule has 0 aliphatic carbocycles. The smallest absolute Gasteiger partial charge is 0.272 e. The summed E-state index contributed by atoms with van der Waals surface area (Å²) in [6, 6.07) is 13.1. The second-order valence-corrected chi connectivity index (χ2v) is 6.51. The molecule has 4 rings (SSSR count). The number of aryl methyl sites for hydroxylation is 2. The predicted molar refractivity (Wildman–Crippen MR) is 106 cm³/mol. The van der Waals surface area contributed by atoms with Crippen LogP contribution in [0, 0.1) is 6.92 Å². The van der Waals surface area contributed by atoms with Gasteiger partial charge in [-0.15, -0.1) is 0 Å². The minimum Gasteiger partial charge on any atom is -0.497 e. The van der Waals surface area contributed by atoms with Gasteiger partial charge in [0.1, 0.15) is 11.4 Å². The van der Waals surface area contributed by atoms with Crippen molar-refractivity contribution in [2.75, 3.05) is 7.11 Å². The topological polar surface area (TPSA) is 83.0 Å². The van der Waals surface area contributed by atoms with Gasteiger partial charge in [-0.25, -0.2) is 4.98 Å². The molecular weight excluding hydrogens is 356 g/mol. The van der Waals surface area contributed by atoms with E-state index in [-0.39, 0.29) is 5.56 Å². The van der Waals surface area contributed by atoms with Crippen LogP contribution in [0.2, 0.25) is 0 Å². The van der Waals surface area contributed by atoms with Gasteiger partial charge in [-0.3, -0.25) is 4.79 Å². The van der Waals surface area contributed by atoms with Crippen molar-refractivity contribution in [2.24, 2.45) is 0 Å². The number of hydrogen-bond donors (Lipinski definition) is 0. The molecule has 0 fully saturated rings. The van der Waals surface area contributed by atoms with Crippen molar-refractivity contribution < 1.29 is 9.26 Å².